The standard InChI is InChI=1S/C14H11F2N3/c15-14(16)10-4-2-1-3-9(10)12-5-8-7-18-13(17)6-11(8)19-12/h1-7,14,19H,(H2,17,18). The lowest BCUT2D eigenvalue weighted by Crippen LogP contribution is -1.89. The molecule has 3 nitrogen and oxygen atoms in total. The Labute approximate surface area is 108 Å². The second kappa shape index (κ2) is 4.35. The average molecular weight is 259 g/mol. The third kappa shape index (κ3) is 2.03. The molecule has 19 heavy (non-hydrogen) atoms. The number of aromatic nitrogens is 2. The van der Waals surface area contributed by atoms with E-state index in [1.165, 1.54) is 6.07 Å². The van der Waals surface area contributed by atoms with Crippen molar-refractivity contribution in [3.8, 4) is 11.3 Å². The Bertz CT molecular complexity index is 734. The number of nitrogen functional groups attached to an aromatic ring is 1. The summed E-state index contributed by atoms with van der Waals surface area (Å²) >= 11 is 0. The molecule has 0 unspecified atom stereocenters. The van der Waals surface area contributed by atoms with Crippen LogP contribution in [-0.4, -0.2) is 9.97 Å². The van der Waals surface area contributed by atoms with E-state index in [9.17, 15) is 8.78 Å². The minimum Gasteiger partial charge on any atom is -0.384 e. The van der Waals surface area contributed by atoms with Gasteiger partial charge in [0.05, 0.1) is 5.52 Å². The Kier molecular flexibility index (Phi) is 2.67. The van der Waals surface area contributed by atoms with Gasteiger partial charge in [0, 0.05) is 34.5 Å². The fourth-order valence-corrected chi connectivity index (χ4v) is 2.12. The summed E-state index contributed by atoms with van der Waals surface area (Å²) in [6.07, 6.45) is -0.888. The second-order valence-corrected chi connectivity index (χ2v) is 4.27. The number of hydrogen-bond acceptors (Lipinski definition) is 2. The predicted molar refractivity (Wildman–Crippen MR) is 70.9 cm³/mol. The molecule has 0 aliphatic heterocycles. The van der Waals surface area contributed by atoms with E-state index in [1.54, 1.807) is 36.5 Å². The molecule has 3 N–H and O–H groups in total. The summed E-state index contributed by atoms with van der Waals surface area (Å²) in [6, 6.07) is 9.92. The molecule has 0 aliphatic rings. The van der Waals surface area contributed by atoms with Crippen LogP contribution in [0.15, 0.2) is 42.6 Å². The summed E-state index contributed by atoms with van der Waals surface area (Å²) in [5.74, 6) is 0.392. The molecular weight excluding hydrogens is 248 g/mol. The molecule has 0 fully saturated rings. The summed E-state index contributed by atoms with van der Waals surface area (Å²) in [6.45, 7) is 0. The summed E-state index contributed by atoms with van der Waals surface area (Å²) in [4.78, 5) is 7.08. The Morgan fingerprint density at radius 2 is 1.95 bits per heavy atom. The van der Waals surface area contributed by atoms with E-state index in [1.807, 2.05) is 0 Å². The van der Waals surface area contributed by atoms with Crippen molar-refractivity contribution in [1.82, 2.24) is 9.97 Å². The van der Waals surface area contributed by atoms with Crippen molar-refractivity contribution in [2.24, 2.45) is 0 Å². The molecule has 5 heteroatoms. The van der Waals surface area contributed by atoms with Gasteiger partial charge in [-0.25, -0.2) is 13.8 Å². The fraction of sp³-hybridized carbons (Fsp3) is 0.0714. The van der Waals surface area contributed by atoms with Crippen molar-refractivity contribution in [2.75, 3.05) is 5.73 Å². The van der Waals surface area contributed by atoms with Gasteiger partial charge in [-0.2, -0.15) is 0 Å². The number of alkyl halides is 2. The van der Waals surface area contributed by atoms with Crippen LogP contribution in [0.2, 0.25) is 0 Å². The number of nitrogens with zero attached hydrogens (tertiary/aromatic N) is 1. The van der Waals surface area contributed by atoms with Crippen LogP contribution in [0.5, 0.6) is 0 Å². The van der Waals surface area contributed by atoms with E-state index >= 15 is 0 Å². The smallest absolute Gasteiger partial charge is 0.264 e. The van der Waals surface area contributed by atoms with Crippen LogP contribution in [0.25, 0.3) is 22.2 Å². The number of pyridine rings is 1. The van der Waals surface area contributed by atoms with E-state index in [4.69, 9.17) is 5.73 Å². The Balaban J connectivity index is 2.19. The molecule has 3 rings (SSSR count). The fourth-order valence-electron chi connectivity index (χ4n) is 2.12. The van der Waals surface area contributed by atoms with Gasteiger partial charge >= 0.3 is 0 Å². The van der Waals surface area contributed by atoms with E-state index in [0.29, 0.717) is 17.1 Å². The molecule has 3 aromatic rings. The molecule has 0 radical (unpaired) electrons. The highest BCUT2D eigenvalue weighted by atomic mass is 19.3. The molecule has 0 aliphatic carbocycles. The van der Waals surface area contributed by atoms with Gasteiger partial charge in [-0.1, -0.05) is 24.3 Å². The van der Waals surface area contributed by atoms with Crippen LogP contribution in [0, 0.1) is 0 Å². The number of H-pyrrole nitrogens is 1. The highest BCUT2D eigenvalue weighted by Crippen LogP contribution is 2.32. The normalized spacial score (nSPS) is 11.3. The summed E-state index contributed by atoms with van der Waals surface area (Å²) < 4.78 is 26.0. The number of benzene rings is 1. The predicted octanol–water partition coefficient (Wildman–Crippen LogP) is 3.75. The summed E-state index contributed by atoms with van der Waals surface area (Å²) in [5.41, 5.74) is 7.52. The van der Waals surface area contributed by atoms with E-state index in [2.05, 4.69) is 9.97 Å². The van der Waals surface area contributed by atoms with Gasteiger partial charge in [0.15, 0.2) is 0 Å². The van der Waals surface area contributed by atoms with Gasteiger partial charge < -0.3 is 10.7 Å². The van der Waals surface area contributed by atoms with Gasteiger partial charge in [-0.15, -0.1) is 0 Å². The van der Waals surface area contributed by atoms with Crippen LogP contribution in [-0.2, 0) is 0 Å². The number of nitrogens with two attached hydrogens (primary N) is 1. The number of anilines is 1. The molecule has 96 valence electrons. The number of nitrogens with one attached hydrogen (secondary N) is 1. The highest BCUT2D eigenvalue weighted by Gasteiger charge is 2.14. The maximum atomic E-state index is 13.0. The third-order valence-electron chi connectivity index (χ3n) is 3.01. The van der Waals surface area contributed by atoms with Crippen molar-refractivity contribution >= 4 is 16.7 Å². The van der Waals surface area contributed by atoms with Crippen LogP contribution in [0.1, 0.15) is 12.0 Å². The van der Waals surface area contributed by atoms with Crippen molar-refractivity contribution in [2.45, 2.75) is 6.43 Å². The lowest BCUT2D eigenvalue weighted by atomic mass is 10.1. The highest BCUT2D eigenvalue weighted by molar-refractivity contribution is 5.87. The first-order valence-electron chi connectivity index (χ1n) is 5.77. The summed E-state index contributed by atoms with van der Waals surface area (Å²) in [7, 11) is 0. The number of aromatic amines is 1. The second-order valence-electron chi connectivity index (χ2n) is 4.27. The van der Waals surface area contributed by atoms with Crippen molar-refractivity contribution < 1.29 is 8.78 Å². The van der Waals surface area contributed by atoms with Crippen LogP contribution >= 0.6 is 0 Å². The van der Waals surface area contributed by atoms with E-state index in [-0.39, 0.29) is 5.56 Å². The van der Waals surface area contributed by atoms with E-state index < -0.39 is 6.43 Å². The SMILES string of the molecule is Nc1cc2[nH]c(-c3ccccc3C(F)F)cc2cn1. The lowest BCUT2D eigenvalue weighted by Gasteiger charge is -2.06. The van der Waals surface area contributed by atoms with E-state index in [0.717, 1.165) is 10.9 Å². The van der Waals surface area contributed by atoms with Crippen molar-refractivity contribution in [3.05, 3.63) is 48.2 Å². The zero-order chi connectivity index (χ0) is 13.4. The van der Waals surface area contributed by atoms with Gasteiger partial charge in [-0.05, 0) is 6.07 Å². The quantitative estimate of drug-likeness (QED) is 0.736. The van der Waals surface area contributed by atoms with Gasteiger partial charge in [0.25, 0.3) is 6.43 Å². The number of fused-ring (bicyclic) bond motifs is 1. The molecule has 2 aromatic heterocycles. The monoisotopic (exact) mass is 259 g/mol. The van der Waals surface area contributed by atoms with Crippen molar-refractivity contribution in [1.29, 1.82) is 0 Å². The molecular formula is C14H11F2N3. The Morgan fingerprint density at radius 3 is 2.74 bits per heavy atom. The maximum Gasteiger partial charge on any atom is 0.264 e. The first-order valence-corrected chi connectivity index (χ1v) is 5.77. The van der Waals surface area contributed by atoms with Gasteiger partial charge in [0.1, 0.15) is 5.82 Å². The zero-order valence-electron chi connectivity index (χ0n) is 9.90. The molecule has 0 spiro atoms. The third-order valence-corrected chi connectivity index (χ3v) is 3.01. The first kappa shape index (κ1) is 11.6. The van der Waals surface area contributed by atoms with Crippen LogP contribution < -0.4 is 5.73 Å². The topological polar surface area (TPSA) is 54.7 Å². The average Bonchev–Trinajstić information content (AvgIpc) is 2.81. The lowest BCUT2D eigenvalue weighted by molar-refractivity contribution is 0.152. The molecule has 0 bridgehead atoms. The maximum absolute atomic E-state index is 13.0. The number of halogens is 2. The molecule has 0 saturated heterocycles. The number of hydrogen-bond donors (Lipinski definition) is 2. The molecule has 0 saturated carbocycles. The minimum absolute atomic E-state index is 0.00925. The first-order chi connectivity index (χ1) is 9.15. The van der Waals surface area contributed by atoms with Gasteiger partial charge in [0.2, 0.25) is 0 Å². The van der Waals surface area contributed by atoms with Crippen LogP contribution in [0.3, 0.4) is 0 Å². The molecule has 0 atom stereocenters. The van der Waals surface area contributed by atoms with Crippen molar-refractivity contribution in [3.63, 3.8) is 0 Å². The number of rotatable bonds is 2. The zero-order valence-corrected chi connectivity index (χ0v) is 9.90. The molecule has 1 aromatic carbocycles. The largest absolute Gasteiger partial charge is 0.384 e. The van der Waals surface area contributed by atoms with Gasteiger partial charge in [-0.3, -0.25) is 0 Å². The Morgan fingerprint density at radius 1 is 1.16 bits per heavy atom. The molecule has 2 heterocycles. The minimum atomic E-state index is -2.51. The van der Waals surface area contributed by atoms with Crippen LogP contribution in [0.4, 0.5) is 14.6 Å². The Hall–Kier alpha value is -2.43. The molecule has 0 amide bonds. The summed E-state index contributed by atoms with van der Waals surface area (Å²) in [5, 5.41) is 0.841.